The first-order chi connectivity index (χ1) is 9.81. The molecule has 20 heavy (non-hydrogen) atoms. The molecule has 3 unspecified atom stereocenters. The Kier molecular flexibility index (Phi) is 4.61. The van der Waals surface area contributed by atoms with Crippen LogP contribution in [0.25, 0.3) is 0 Å². The van der Waals surface area contributed by atoms with Gasteiger partial charge in [-0.25, -0.2) is 0 Å². The Hall–Kier alpha value is -0.610. The number of amides is 1. The van der Waals surface area contributed by atoms with Gasteiger partial charge in [-0.2, -0.15) is 0 Å². The van der Waals surface area contributed by atoms with Crippen LogP contribution in [0.5, 0.6) is 0 Å². The van der Waals surface area contributed by atoms with E-state index < -0.39 is 0 Å². The van der Waals surface area contributed by atoms with Gasteiger partial charge in [-0.3, -0.25) is 4.79 Å². The molecule has 2 saturated heterocycles. The van der Waals surface area contributed by atoms with Gasteiger partial charge in [0.05, 0.1) is 19.1 Å². The van der Waals surface area contributed by atoms with E-state index in [1.807, 2.05) is 0 Å². The molecule has 1 saturated carbocycles. The molecular formula is C16H28N2O2. The molecule has 4 heteroatoms. The molecular weight excluding hydrogens is 252 g/mol. The van der Waals surface area contributed by atoms with Crippen molar-refractivity contribution in [3.8, 4) is 0 Å². The third kappa shape index (κ3) is 2.73. The molecule has 0 radical (unpaired) electrons. The number of ether oxygens (including phenoxy) is 1. The maximum atomic E-state index is 12.9. The predicted molar refractivity (Wildman–Crippen MR) is 78.5 cm³/mol. The fraction of sp³-hybridized carbons (Fsp3) is 0.938. The average molecular weight is 280 g/mol. The van der Waals surface area contributed by atoms with Gasteiger partial charge >= 0.3 is 0 Å². The lowest BCUT2D eigenvalue weighted by molar-refractivity contribution is -0.137. The minimum atomic E-state index is 0.0388. The zero-order valence-electron chi connectivity index (χ0n) is 12.6. The van der Waals surface area contributed by atoms with Crippen molar-refractivity contribution >= 4 is 5.91 Å². The summed E-state index contributed by atoms with van der Waals surface area (Å²) < 4.78 is 5.55. The van der Waals surface area contributed by atoms with Crippen molar-refractivity contribution in [2.75, 3.05) is 26.3 Å². The minimum Gasteiger partial charge on any atom is -0.379 e. The molecule has 1 amide bonds. The smallest absolute Gasteiger partial charge is 0.229 e. The van der Waals surface area contributed by atoms with E-state index in [0.717, 1.165) is 19.0 Å². The molecule has 3 aliphatic rings. The summed E-state index contributed by atoms with van der Waals surface area (Å²) in [6.07, 6.45) is 7.77. The van der Waals surface area contributed by atoms with Crippen LogP contribution >= 0.6 is 0 Å². The van der Waals surface area contributed by atoms with Gasteiger partial charge in [-0.15, -0.1) is 0 Å². The summed E-state index contributed by atoms with van der Waals surface area (Å²) in [5.74, 6) is 1.15. The summed E-state index contributed by atoms with van der Waals surface area (Å²) in [5.41, 5.74) is 0. The quantitative estimate of drug-likeness (QED) is 0.853. The summed E-state index contributed by atoms with van der Waals surface area (Å²) in [5, 5.41) is 3.41. The number of carbonyl (C=O) groups excluding carboxylic acids is 1. The van der Waals surface area contributed by atoms with Crippen LogP contribution in [-0.2, 0) is 9.53 Å². The van der Waals surface area contributed by atoms with E-state index in [4.69, 9.17) is 4.74 Å². The summed E-state index contributed by atoms with van der Waals surface area (Å²) in [4.78, 5) is 15.1. The number of hydrogen-bond acceptors (Lipinski definition) is 3. The standard InChI is InChI=1S/C16H28N2O2/c1-2-17-14-11-20-10-13(14)16(19)18-9-5-8-15(18)12-6-3-4-7-12/h12-15,17H,2-11H2,1H3. The average Bonchev–Trinajstić information content (AvgIpc) is 3.19. The Labute approximate surface area is 122 Å². The lowest BCUT2D eigenvalue weighted by Gasteiger charge is -2.32. The fourth-order valence-electron chi connectivity index (χ4n) is 4.37. The molecule has 2 heterocycles. The monoisotopic (exact) mass is 280 g/mol. The van der Waals surface area contributed by atoms with E-state index in [9.17, 15) is 4.79 Å². The molecule has 3 atom stereocenters. The Balaban J connectivity index is 1.65. The summed E-state index contributed by atoms with van der Waals surface area (Å²) in [6.45, 7) is 5.26. The second-order valence-corrected chi connectivity index (χ2v) is 6.59. The molecule has 0 aromatic carbocycles. The number of likely N-dealkylation sites (N-methyl/N-ethyl adjacent to an activating group) is 1. The lowest BCUT2D eigenvalue weighted by Crippen LogP contribution is -2.48. The number of nitrogens with one attached hydrogen (secondary N) is 1. The topological polar surface area (TPSA) is 41.6 Å². The maximum absolute atomic E-state index is 12.9. The molecule has 1 aliphatic carbocycles. The van der Waals surface area contributed by atoms with Gasteiger partial charge < -0.3 is 15.0 Å². The molecule has 114 valence electrons. The summed E-state index contributed by atoms with van der Waals surface area (Å²) in [7, 11) is 0. The van der Waals surface area contributed by atoms with Crippen LogP contribution in [0.15, 0.2) is 0 Å². The van der Waals surface area contributed by atoms with E-state index in [1.165, 1.54) is 38.5 Å². The molecule has 0 aromatic heterocycles. The van der Waals surface area contributed by atoms with E-state index >= 15 is 0 Å². The molecule has 3 fully saturated rings. The van der Waals surface area contributed by atoms with Crippen molar-refractivity contribution in [3.05, 3.63) is 0 Å². The fourth-order valence-corrected chi connectivity index (χ4v) is 4.37. The highest BCUT2D eigenvalue weighted by Gasteiger charge is 2.42. The zero-order valence-corrected chi connectivity index (χ0v) is 12.6. The van der Waals surface area contributed by atoms with Crippen LogP contribution in [0.4, 0.5) is 0 Å². The van der Waals surface area contributed by atoms with Crippen LogP contribution < -0.4 is 5.32 Å². The highest BCUT2D eigenvalue weighted by molar-refractivity contribution is 5.80. The summed E-state index contributed by atoms with van der Waals surface area (Å²) >= 11 is 0. The SMILES string of the molecule is CCNC1COCC1C(=O)N1CCCC1C1CCCC1. The minimum absolute atomic E-state index is 0.0388. The van der Waals surface area contributed by atoms with Crippen LogP contribution in [0.1, 0.15) is 45.4 Å². The van der Waals surface area contributed by atoms with Crippen molar-refractivity contribution in [3.63, 3.8) is 0 Å². The number of nitrogens with zero attached hydrogens (tertiary/aromatic N) is 1. The van der Waals surface area contributed by atoms with Gasteiger partial charge in [0, 0.05) is 18.6 Å². The van der Waals surface area contributed by atoms with Crippen molar-refractivity contribution in [2.45, 2.75) is 57.5 Å². The van der Waals surface area contributed by atoms with Crippen molar-refractivity contribution in [2.24, 2.45) is 11.8 Å². The first kappa shape index (κ1) is 14.3. The Morgan fingerprint density at radius 3 is 2.75 bits per heavy atom. The van der Waals surface area contributed by atoms with Gasteiger partial charge in [0.25, 0.3) is 0 Å². The van der Waals surface area contributed by atoms with E-state index in [0.29, 0.717) is 25.2 Å². The second kappa shape index (κ2) is 6.44. The van der Waals surface area contributed by atoms with E-state index in [-0.39, 0.29) is 12.0 Å². The highest BCUT2D eigenvalue weighted by atomic mass is 16.5. The molecule has 0 aromatic rings. The second-order valence-electron chi connectivity index (χ2n) is 6.59. The third-order valence-corrected chi connectivity index (χ3v) is 5.39. The number of likely N-dealkylation sites (tertiary alicyclic amines) is 1. The van der Waals surface area contributed by atoms with Gasteiger partial charge in [0.15, 0.2) is 0 Å². The highest BCUT2D eigenvalue weighted by Crippen LogP contribution is 2.36. The van der Waals surface area contributed by atoms with Gasteiger partial charge in [-0.05, 0) is 38.1 Å². The largest absolute Gasteiger partial charge is 0.379 e. The van der Waals surface area contributed by atoms with Gasteiger partial charge in [0.2, 0.25) is 5.91 Å². The Morgan fingerprint density at radius 1 is 1.20 bits per heavy atom. The Bertz CT molecular complexity index is 341. The number of hydrogen-bond donors (Lipinski definition) is 1. The predicted octanol–water partition coefficient (Wildman–Crippen LogP) is 1.79. The van der Waals surface area contributed by atoms with Crippen molar-refractivity contribution < 1.29 is 9.53 Å². The third-order valence-electron chi connectivity index (χ3n) is 5.39. The summed E-state index contributed by atoms with van der Waals surface area (Å²) in [6, 6.07) is 0.741. The zero-order chi connectivity index (χ0) is 13.9. The van der Waals surface area contributed by atoms with Crippen LogP contribution in [-0.4, -0.2) is 49.2 Å². The van der Waals surface area contributed by atoms with Crippen LogP contribution in [0.3, 0.4) is 0 Å². The maximum Gasteiger partial charge on any atom is 0.229 e. The molecule has 1 N–H and O–H groups in total. The first-order valence-corrected chi connectivity index (χ1v) is 8.43. The molecule has 0 bridgehead atoms. The van der Waals surface area contributed by atoms with Gasteiger partial charge in [-0.1, -0.05) is 19.8 Å². The van der Waals surface area contributed by atoms with Gasteiger partial charge in [0.1, 0.15) is 0 Å². The van der Waals surface area contributed by atoms with Crippen LogP contribution in [0, 0.1) is 11.8 Å². The number of rotatable bonds is 4. The number of carbonyl (C=O) groups is 1. The van der Waals surface area contributed by atoms with E-state index in [1.54, 1.807) is 0 Å². The normalized spacial score (nSPS) is 35.0. The van der Waals surface area contributed by atoms with Crippen LogP contribution in [0.2, 0.25) is 0 Å². The van der Waals surface area contributed by atoms with Crippen molar-refractivity contribution in [1.82, 2.24) is 10.2 Å². The first-order valence-electron chi connectivity index (χ1n) is 8.43. The molecule has 4 nitrogen and oxygen atoms in total. The van der Waals surface area contributed by atoms with Crippen molar-refractivity contribution in [1.29, 1.82) is 0 Å². The lowest BCUT2D eigenvalue weighted by atomic mass is 9.94. The molecule has 2 aliphatic heterocycles. The molecule has 0 spiro atoms. The Morgan fingerprint density at radius 2 is 2.00 bits per heavy atom. The molecule has 3 rings (SSSR count). The van der Waals surface area contributed by atoms with E-state index in [2.05, 4.69) is 17.1 Å².